The molecule has 0 fully saturated rings. The third-order valence-electron chi connectivity index (χ3n) is 8.42. The van der Waals surface area contributed by atoms with E-state index in [1.54, 1.807) is 12.2 Å². The lowest BCUT2D eigenvalue weighted by molar-refractivity contribution is -0.161. The smallest absolute Gasteiger partial charge is 0.462 e. The van der Waals surface area contributed by atoms with Gasteiger partial charge in [0, 0.05) is 12.8 Å². The Morgan fingerprint density at radius 2 is 1.12 bits per heavy atom. The summed E-state index contributed by atoms with van der Waals surface area (Å²) in [5, 5.41) is 10.2. The van der Waals surface area contributed by atoms with Crippen LogP contribution in [0.25, 0.3) is 0 Å². The number of unbranched alkanes of at least 4 members (excludes halogenated alkanes) is 17. The van der Waals surface area contributed by atoms with Crippen LogP contribution in [-0.4, -0.2) is 52.3 Å². The number of ether oxygens (including phenoxy) is 2. The van der Waals surface area contributed by atoms with Crippen LogP contribution in [0.1, 0.15) is 174 Å². The van der Waals surface area contributed by atoms with Crippen molar-refractivity contribution in [2.75, 3.05) is 13.2 Å². The first kappa shape index (κ1) is 49.0. The average Bonchev–Trinajstić information content (AvgIpc) is 3.09. The predicted molar refractivity (Wildman–Crippen MR) is 208 cm³/mol. The van der Waals surface area contributed by atoms with Gasteiger partial charge in [-0.3, -0.25) is 14.1 Å². The molecule has 296 valence electrons. The van der Waals surface area contributed by atoms with E-state index in [2.05, 4.69) is 42.7 Å². The number of phosphoric ester groups is 1. The summed E-state index contributed by atoms with van der Waals surface area (Å²) in [4.78, 5) is 42.8. The lowest BCUT2D eigenvalue weighted by atomic mass is 10.1. The molecular formula is C41H73O9P. The highest BCUT2D eigenvalue weighted by Crippen LogP contribution is 2.36. The number of rotatable bonds is 36. The van der Waals surface area contributed by atoms with Crippen molar-refractivity contribution in [3.05, 3.63) is 48.6 Å². The molecule has 10 heteroatoms. The van der Waals surface area contributed by atoms with Crippen LogP contribution in [0.3, 0.4) is 0 Å². The number of aliphatic hydroxyl groups is 1. The van der Waals surface area contributed by atoms with Crippen molar-refractivity contribution in [2.45, 2.75) is 187 Å². The molecule has 9 nitrogen and oxygen atoms in total. The average molecular weight is 741 g/mol. The highest BCUT2D eigenvalue weighted by molar-refractivity contribution is 7.46. The second-order valence-corrected chi connectivity index (χ2v) is 14.7. The number of allylic oxidation sites excluding steroid dienone is 7. The van der Waals surface area contributed by atoms with Gasteiger partial charge >= 0.3 is 19.8 Å². The van der Waals surface area contributed by atoms with E-state index >= 15 is 0 Å². The first-order valence-corrected chi connectivity index (χ1v) is 21.6. The Bertz CT molecular complexity index is 986. The van der Waals surface area contributed by atoms with Gasteiger partial charge in [-0.1, -0.05) is 146 Å². The largest absolute Gasteiger partial charge is 0.469 e. The zero-order chi connectivity index (χ0) is 37.7. The fraction of sp³-hybridized carbons (Fsp3) is 0.756. The summed E-state index contributed by atoms with van der Waals surface area (Å²) in [5.41, 5.74) is 0. The van der Waals surface area contributed by atoms with E-state index in [1.165, 1.54) is 77.0 Å². The Hall–Kier alpha value is -2.03. The lowest BCUT2D eigenvalue weighted by Crippen LogP contribution is -2.29. The SMILES string of the molecule is CCCCCCCC/C=C\CCCCCCCC(=O)OC[C@H](COP(=O)(O)O)OC(=O)CCCC(O)/C=C/C=C/C/C=C/CCCCCCCC. The molecule has 0 aromatic carbocycles. The first-order chi connectivity index (χ1) is 24.7. The molecule has 0 aliphatic rings. The summed E-state index contributed by atoms with van der Waals surface area (Å²) in [6.45, 7) is 3.50. The highest BCUT2D eigenvalue weighted by Gasteiger charge is 2.23. The second-order valence-electron chi connectivity index (χ2n) is 13.5. The van der Waals surface area contributed by atoms with Gasteiger partial charge in [0.05, 0.1) is 12.7 Å². The van der Waals surface area contributed by atoms with Gasteiger partial charge in [0.1, 0.15) is 6.61 Å². The van der Waals surface area contributed by atoms with Crippen LogP contribution in [0.5, 0.6) is 0 Å². The number of carbonyl (C=O) groups is 2. The molecule has 0 spiro atoms. The summed E-state index contributed by atoms with van der Waals surface area (Å²) in [6, 6.07) is 0. The molecule has 0 aromatic heterocycles. The topological polar surface area (TPSA) is 140 Å². The van der Waals surface area contributed by atoms with Crippen LogP contribution in [0.2, 0.25) is 0 Å². The Morgan fingerprint density at radius 3 is 1.69 bits per heavy atom. The zero-order valence-corrected chi connectivity index (χ0v) is 33.0. The molecule has 0 bridgehead atoms. The van der Waals surface area contributed by atoms with E-state index < -0.39 is 38.6 Å². The summed E-state index contributed by atoms with van der Waals surface area (Å²) in [5.74, 6) is -1.09. The molecular weight excluding hydrogens is 667 g/mol. The monoisotopic (exact) mass is 740 g/mol. The Labute approximate surface area is 310 Å². The third kappa shape index (κ3) is 39.0. The molecule has 51 heavy (non-hydrogen) atoms. The van der Waals surface area contributed by atoms with Crippen LogP contribution >= 0.6 is 7.82 Å². The number of phosphoric acid groups is 1. The molecule has 0 aromatic rings. The molecule has 2 atom stereocenters. The second kappa shape index (κ2) is 36.3. The van der Waals surface area contributed by atoms with Crippen molar-refractivity contribution >= 4 is 19.8 Å². The summed E-state index contributed by atoms with van der Waals surface area (Å²) < 4.78 is 26.2. The minimum atomic E-state index is -4.81. The summed E-state index contributed by atoms with van der Waals surface area (Å²) in [6.07, 6.45) is 40.0. The Balaban J connectivity index is 4.16. The predicted octanol–water partition coefficient (Wildman–Crippen LogP) is 10.9. The van der Waals surface area contributed by atoms with Crippen LogP contribution in [0.4, 0.5) is 0 Å². The van der Waals surface area contributed by atoms with Crippen molar-refractivity contribution in [3.8, 4) is 0 Å². The normalized spacial score (nSPS) is 13.6. The molecule has 0 saturated carbocycles. The van der Waals surface area contributed by atoms with Crippen molar-refractivity contribution in [1.82, 2.24) is 0 Å². The Morgan fingerprint density at radius 1 is 0.608 bits per heavy atom. The quantitative estimate of drug-likeness (QED) is 0.0188. The maximum absolute atomic E-state index is 12.4. The maximum Gasteiger partial charge on any atom is 0.469 e. The van der Waals surface area contributed by atoms with E-state index in [9.17, 15) is 19.3 Å². The highest BCUT2D eigenvalue weighted by atomic mass is 31.2. The van der Waals surface area contributed by atoms with Gasteiger partial charge in [-0.2, -0.15) is 0 Å². The van der Waals surface area contributed by atoms with Crippen LogP contribution in [0, 0.1) is 0 Å². The van der Waals surface area contributed by atoms with Gasteiger partial charge in [0.25, 0.3) is 0 Å². The van der Waals surface area contributed by atoms with Gasteiger partial charge < -0.3 is 24.4 Å². The van der Waals surface area contributed by atoms with Crippen molar-refractivity contribution in [3.63, 3.8) is 0 Å². The molecule has 0 saturated heterocycles. The number of esters is 2. The molecule has 0 aliphatic heterocycles. The Kier molecular flexibility index (Phi) is 34.9. The molecule has 3 N–H and O–H groups in total. The number of aliphatic hydroxyl groups excluding tert-OH is 1. The molecule has 0 radical (unpaired) electrons. The number of hydrogen-bond acceptors (Lipinski definition) is 7. The van der Waals surface area contributed by atoms with Crippen LogP contribution < -0.4 is 0 Å². The van der Waals surface area contributed by atoms with Crippen molar-refractivity contribution in [2.24, 2.45) is 0 Å². The lowest BCUT2D eigenvalue weighted by Gasteiger charge is -2.18. The zero-order valence-electron chi connectivity index (χ0n) is 32.1. The maximum atomic E-state index is 12.4. The van der Waals surface area contributed by atoms with Crippen LogP contribution in [0.15, 0.2) is 48.6 Å². The molecule has 0 heterocycles. The molecule has 0 amide bonds. The van der Waals surface area contributed by atoms with Gasteiger partial charge in [-0.05, 0) is 64.2 Å². The van der Waals surface area contributed by atoms with Gasteiger partial charge in [0.2, 0.25) is 0 Å². The fourth-order valence-electron chi connectivity index (χ4n) is 5.38. The fourth-order valence-corrected chi connectivity index (χ4v) is 5.74. The number of hydrogen-bond donors (Lipinski definition) is 3. The third-order valence-corrected chi connectivity index (χ3v) is 8.91. The summed E-state index contributed by atoms with van der Waals surface area (Å²) >= 11 is 0. The number of carbonyl (C=O) groups excluding carboxylic acids is 2. The van der Waals surface area contributed by atoms with E-state index in [0.717, 1.165) is 51.4 Å². The standard InChI is InChI=1S/C41H73O9P/c1-3-5-7-9-11-13-15-17-18-20-22-24-26-28-30-34-40(43)48-36-39(37-49-51(45,46)47)50-41(44)35-31-33-38(42)32-29-27-25-23-21-19-16-14-12-10-8-6-4-2/h17-19,21,25,27,29,32,38-39,42H,3-16,20,22-24,26,28,30-31,33-37H2,1-2H3,(H2,45,46,47)/b18-17-,21-19+,27-25+,32-29+/t38?,39-/m1/s1. The molecule has 0 rings (SSSR count). The van der Waals surface area contributed by atoms with Crippen molar-refractivity contribution < 1.29 is 43.0 Å². The molecule has 1 unspecified atom stereocenters. The van der Waals surface area contributed by atoms with E-state index in [4.69, 9.17) is 19.3 Å². The van der Waals surface area contributed by atoms with E-state index in [-0.39, 0.29) is 19.4 Å². The molecule has 0 aliphatic carbocycles. The summed E-state index contributed by atoms with van der Waals surface area (Å²) in [7, 11) is -4.81. The van der Waals surface area contributed by atoms with Crippen molar-refractivity contribution in [1.29, 1.82) is 0 Å². The minimum Gasteiger partial charge on any atom is -0.462 e. The van der Waals surface area contributed by atoms with Gasteiger partial charge in [0.15, 0.2) is 6.10 Å². The van der Waals surface area contributed by atoms with E-state index in [1.807, 2.05) is 12.2 Å². The van der Waals surface area contributed by atoms with E-state index in [0.29, 0.717) is 19.3 Å². The minimum absolute atomic E-state index is 0.0145. The van der Waals surface area contributed by atoms with Crippen LogP contribution in [-0.2, 0) is 28.2 Å². The first-order valence-electron chi connectivity index (χ1n) is 20.0. The van der Waals surface area contributed by atoms with Gasteiger partial charge in [-0.15, -0.1) is 0 Å². The van der Waals surface area contributed by atoms with Gasteiger partial charge in [-0.25, -0.2) is 4.57 Å².